The lowest BCUT2D eigenvalue weighted by molar-refractivity contribution is -0.139. The molecule has 0 saturated heterocycles. The summed E-state index contributed by atoms with van der Waals surface area (Å²) in [7, 11) is 2.49. The summed E-state index contributed by atoms with van der Waals surface area (Å²) < 4.78 is 9.21. The Bertz CT molecular complexity index is 912. The molecule has 27 heavy (non-hydrogen) atoms. The second-order valence-corrected chi connectivity index (χ2v) is 6.13. The topological polar surface area (TPSA) is 127 Å². The number of nitrogens with one attached hydrogen (secondary N) is 2. The van der Waals surface area contributed by atoms with E-state index >= 15 is 0 Å². The van der Waals surface area contributed by atoms with Gasteiger partial charge >= 0.3 is 11.9 Å². The number of esters is 2. The van der Waals surface area contributed by atoms with Crippen molar-refractivity contribution < 1.29 is 23.9 Å². The molecular formula is C17H17N3O6S. The van der Waals surface area contributed by atoms with Gasteiger partial charge in [0.1, 0.15) is 0 Å². The molecule has 9 nitrogen and oxygen atoms in total. The molecule has 0 aliphatic rings. The van der Waals surface area contributed by atoms with Crippen LogP contribution in [0.2, 0.25) is 0 Å². The van der Waals surface area contributed by atoms with Crippen molar-refractivity contribution in [1.82, 2.24) is 9.97 Å². The number of carbonyl (C=O) groups is 3. The molecule has 1 aromatic heterocycles. The molecule has 0 unspecified atom stereocenters. The fourth-order valence-electron chi connectivity index (χ4n) is 2.06. The van der Waals surface area contributed by atoms with Crippen molar-refractivity contribution in [3.05, 3.63) is 51.9 Å². The molecule has 1 heterocycles. The fraction of sp³-hybridized carbons (Fsp3) is 0.235. The van der Waals surface area contributed by atoms with Gasteiger partial charge in [-0.05, 0) is 12.1 Å². The summed E-state index contributed by atoms with van der Waals surface area (Å²) in [6, 6.07) is 7.62. The van der Waals surface area contributed by atoms with Crippen LogP contribution in [0.1, 0.15) is 16.1 Å². The van der Waals surface area contributed by atoms with Gasteiger partial charge in [0.25, 0.3) is 5.56 Å². The molecule has 2 N–H and O–H groups in total. The van der Waals surface area contributed by atoms with Gasteiger partial charge in [0, 0.05) is 6.07 Å². The number of nitrogens with zero attached hydrogens (tertiary/aromatic N) is 1. The molecule has 0 spiro atoms. The van der Waals surface area contributed by atoms with Crippen LogP contribution in [0.15, 0.2) is 40.3 Å². The summed E-state index contributed by atoms with van der Waals surface area (Å²) in [6.45, 7) is 0. The van der Waals surface area contributed by atoms with Crippen molar-refractivity contribution in [2.24, 2.45) is 0 Å². The van der Waals surface area contributed by atoms with Crippen molar-refractivity contribution >= 4 is 35.3 Å². The van der Waals surface area contributed by atoms with Gasteiger partial charge in [-0.15, -0.1) is 0 Å². The zero-order valence-corrected chi connectivity index (χ0v) is 15.4. The first kappa shape index (κ1) is 20.2. The maximum atomic E-state index is 12.2. The monoisotopic (exact) mass is 391 g/mol. The fourth-order valence-corrected chi connectivity index (χ4v) is 2.76. The third kappa shape index (κ3) is 5.96. The maximum absolute atomic E-state index is 12.2. The highest BCUT2D eigenvalue weighted by atomic mass is 32.2. The van der Waals surface area contributed by atoms with Crippen molar-refractivity contribution in [1.29, 1.82) is 0 Å². The third-order valence-electron chi connectivity index (χ3n) is 3.27. The highest BCUT2D eigenvalue weighted by Gasteiger charge is 2.14. The predicted molar refractivity (Wildman–Crippen MR) is 97.7 cm³/mol. The molecule has 0 aliphatic heterocycles. The summed E-state index contributed by atoms with van der Waals surface area (Å²) >= 11 is 0.984. The number of carbonyl (C=O) groups excluding carboxylic acids is 3. The van der Waals surface area contributed by atoms with Crippen LogP contribution in [-0.4, -0.2) is 47.8 Å². The van der Waals surface area contributed by atoms with E-state index in [2.05, 4.69) is 24.8 Å². The van der Waals surface area contributed by atoms with E-state index in [4.69, 9.17) is 0 Å². The number of H-pyrrole nitrogens is 1. The Kier molecular flexibility index (Phi) is 7.12. The number of rotatable bonds is 7. The smallest absolute Gasteiger partial charge is 0.339 e. The van der Waals surface area contributed by atoms with Crippen molar-refractivity contribution in [2.45, 2.75) is 11.6 Å². The summed E-state index contributed by atoms with van der Waals surface area (Å²) in [6.07, 6.45) is -0.146. The summed E-state index contributed by atoms with van der Waals surface area (Å²) in [5.74, 6) is -1.57. The van der Waals surface area contributed by atoms with Gasteiger partial charge in [-0.3, -0.25) is 14.4 Å². The van der Waals surface area contributed by atoms with Crippen LogP contribution in [0.4, 0.5) is 5.69 Å². The standard InChI is InChI=1S/C17H17N3O6S/c1-25-15(23)8-10-7-13(21)20-17(18-10)27-9-14(22)19-12-6-4-3-5-11(12)16(24)26-2/h3-7H,8-9H2,1-2H3,(H,19,22)(H,18,20,21). The number of aromatic nitrogens is 2. The third-order valence-corrected chi connectivity index (χ3v) is 4.15. The van der Waals surface area contributed by atoms with E-state index < -0.39 is 23.4 Å². The van der Waals surface area contributed by atoms with Gasteiger partial charge in [0.05, 0.1) is 43.3 Å². The minimum absolute atomic E-state index is 0.0693. The lowest BCUT2D eigenvalue weighted by Crippen LogP contribution is -2.18. The van der Waals surface area contributed by atoms with E-state index in [1.54, 1.807) is 18.2 Å². The molecule has 1 amide bonds. The first-order valence-corrected chi connectivity index (χ1v) is 8.68. The number of hydrogen-bond acceptors (Lipinski definition) is 8. The zero-order chi connectivity index (χ0) is 19.8. The Morgan fingerprint density at radius 1 is 1.19 bits per heavy atom. The van der Waals surface area contributed by atoms with E-state index in [0.29, 0.717) is 5.69 Å². The molecule has 10 heteroatoms. The number of anilines is 1. The van der Waals surface area contributed by atoms with Gasteiger partial charge in [0.15, 0.2) is 5.16 Å². The second-order valence-electron chi connectivity index (χ2n) is 5.17. The molecule has 0 bridgehead atoms. The minimum atomic E-state index is -0.569. The summed E-state index contributed by atoms with van der Waals surface area (Å²) in [5.41, 5.74) is 0.341. The highest BCUT2D eigenvalue weighted by molar-refractivity contribution is 7.99. The number of benzene rings is 1. The van der Waals surface area contributed by atoms with Crippen molar-refractivity contribution in [3.63, 3.8) is 0 Å². The zero-order valence-electron chi connectivity index (χ0n) is 14.6. The molecule has 0 atom stereocenters. The summed E-state index contributed by atoms with van der Waals surface area (Å²) in [5, 5.41) is 2.80. The minimum Gasteiger partial charge on any atom is -0.469 e. The van der Waals surface area contributed by atoms with Crippen molar-refractivity contribution in [3.8, 4) is 0 Å². The Labute approximate surface area is 158 Å². The van der Waals surface area contributed by atoms with Crippen LogP contribution in [-0.2, 0) is 25.5 Å². The van der Waals surface area contributed by atoms with Crippen LogP contribution >= 0.6 is 11.8 Å². The second kappa shape index (κ2) is 9.53. The number of methoxy groups -OCH3 is 2. The van der Waals surface area contributed by atoms with Crippen LogP contribution in [0.5, 0.6) is 0 Å². The quantitative estimate of drug-likeness (QED) is 0.407. The van der Waals surface area contributed by atoms with E-state index in [-0.39, 0.29) is 28.6 Å². The molecule has 2 aromatic rings. The molecule has 142 valence electrons. The Hall–Kier alpha value is -3.14. The molecule has 2 rings (SSSR count). The first-order valence-electron chi connectivity index (χ1n) is 7.70. The Balaban J connectivity index is 2.03. The normalized spacial score (nSPS) is 10.1. The average Bonchev–Trinajstić information content (AvgIpc) is 2.65. The number of ether oxygens (including phenoxy) is 2. The Morgan fingerprint density at radius 3 is 2.63 bits per heavy atom. The number of para-hydroxylation sites is 1. The van der Waals surface area contributed by atoms with E-state index in [0.717, 1.165) is 11.8 Å². The van der Waals surface area contributed by atoms with Gasteiger partial charge < -0.3 is 19.8 Å². The predicted octanol–water partition coefficient (Wildman–Crippen LogP) is 1.00. The largest absolute Gasteiger partial charge is 0.469 e. The number of amides is 1. The van der Waals surface area contributed by atoms with Gasteiger partial charge in [-0.1, -0.05) is 23.9 Å². The van der Waals surface area contributed by atoms with Crippen LogP contribution in [0.25, 0.3) is 0 Å². The van der Waals surface area contributed by atoms with Crippen LogP contribution in [0.3, 0.4) is 0 Å². The number of thioether (sulfide) groups is 1. The molecule has 1 aromatic carbocycles. The Morgan fingerprint density at radius 2 is 1.93 bits per heavy atom. The van der Waals surface area contributed by atoms with Gasteiger partial charge in [-0.25, -0.2) is 9.78 Å². The first-order chi connectivity index (χ1) is 12.9. The maximum Gasteiger partial charge on any atom is 0.339 e. The van der Waals surface area contributed by atoms with Gasteiger partial charge in [-0.2, -0.15) is 0 Å². The number of aromatic amines is 1. The van der Waals surface area contributed by atoms with Crippen LogP contribution < -0.4 is 10.9 Å². The number of hydrogen-bond donors (Lipinski definition) is 2. The molecular weight excluding hydrogens is 374 g/mol. The van der Waals surface area contributed by atoms with E-state index in [1.807, 2.05) is 0 Å². The van der Waals surface area contributed by atoms with E-state index in [1.165, 1.54) is 26.4 Å². The van der Waals surface area contributed by atoms with Crippen molar-refractivity contribution in [2.75, 3.05) is 25.3 Å². The average molecular weight is 391 g/mol. The SMILES string of the molecule is COC(=O)Cc1cc(=O)[nH]c(SCC(=O)Nc2ccccc2C(=O)OC)n1. The molecule has 0 saturated carbocycles. The lowest BCUT2D eigenvalue weighted by atomic mass is 10.2. The molecule has 0 fully saturated rings. The summed E-state index contributed by atoms with van der Waals surface area (Å²) in [4.78, 5) is 53.4. The molecule has 0 aliphatic carbocycles. The van der Waals surface area contributed by atoms with Crippen LogP contribution in [0, 0.1) is 0 Å². The van der Waals surface area contributed by atoms with E-state index in [9.17, 15) is 19.2 Å². The van der Waals surface area contributed by atoms with Gasteiger partial charge in [0.2, 0.25) is 5.91 Å². The lowest BCUT2D eigenvalue weighted by Gasteiger charge is -2.09. The molecule has 0 radical (unpaired) electrons. The highest BCUT2D eigenvalue weighted by Crippen LogP contribution is 2.17.